The molecule has 1 N–H and O–H groups in total. The summed E-state index contributed by atoms with van der Waals surface area (Å²) in [7, 11) is -0.281. The van der Waals surface area contributed by atoms with Crippen molar-refractivity contribution in [2.45, 2.75) is 24.9 Å². The van der Waals surface area contributed by atoms with Gasteiger partial charge >= 0.3 is 0 Å². The van der Waals surface area contributed by atoms with Crippen molar-refractivity contribution < 1.29 is 12.8 Å². The maximum Gasteiger partial charge on any atom is 0.246 e. The predicted octanol–water partition coefficient (Wildman–Crippen LogP) is 1.52. The Hall–Kier alpha value is -1.70. The highest BCUT2D eigenvalue weighted by atomic mass is 32.2. The fraction of sp³-hybridized carbons (Fsp3) is 0.357. The number of sulfonamides is 1. The molecule has 114 valence electrons. The second-order valence-corrected chi connectivity index (χ2v) is 6.76. The number of rotatable bonds is 6. The van der Waals surface area contributed by atoms with Crippen LogP contribution in [0.4, 0.5) is 0 Å². The Kier molecular flexibility index (Phi) is 4.76. The number of aromatic nitrogens is 1. The first-order valence-electron chi connectivity index (χ1n) is 6.55. The number of nitrogens with zero attached hydrogens (tertiary/aromatic N) is 2. The summed E-state index contributed by atoms with van der Waals surface area (Å²) >= 11 is 0. The van der Waals surface area contributed by atoms with Crippen molar-refractivity contribution in [2.75, 3.05) is 14.1 Å². The van der Waals surface area contributed by atoms with Gasteiger partial charge in [-0.3, -0.25) is 4.98 Å². The van der Waals surface area contributed by atoms with Crippen molar-refractivity contribution in [3.63, 3.8) is 0 Å². The zero-order chi connectivity index (χ0) is 15.5. The van der Waals surface area contributed by atoms with E-state index in [1.54, 1.807) is 38.4 Å². The highest BCUT2D eigenvalue weighted by Crippen LogP contribution is 2.23. The fourth-order valence-electron chi connectivity index (χ4n) is 2.01. The highest BCUT2D eigenvalue weighted by Gasteiger charge is 2.26. The number of hydrogen-bond acceptors (Lipinski definition) is 5. The van der Waals surface area contributed by atoms with Crippen molar-refractivity contribution in [1.82, 2.24) is 14.6 Å². The average molecular weight is 309 g/mol. The van der Waals surface area contributed by atoms with Gasteiger partial charge in [-0.05, 0) is 26.1 Å². The molecule has 0 amide bonds. The van der Waals surface area contributed by atoms with Gasteiger partial charge in [0.25, 0.3) is 0 Å². The van der Waals surface area contributed by atoms with Gasteiger partial charge in [-0.2, -0.15) is 4.31 Å². The average Bonchev–Trinajstić information content (AvgIpc) is 2.82. The Labute approximate surface area is 124 Å². The minimum absolute atomic E-state index is 0.200. The van der Waals surface area contributed by atoms with E-state index in [-0.39, 0.29) is 11.4 Å². The van der Waals surface area contributed by atoms with Gasteiger partial charge in [-0.25, -0.2) is 8.42 Å². The van der Waals surface area contributed by atoms with Gasteiger partial charge in [-0.1, -0.05) is 6.07 Å². The summed E-state index contributed by atoms with van der Waals surface area (Å²) in [5.74, 6) is 0.993. The maximum absolute atomic E-state index is 12.6. The molecule has 0 aliphatic rings. The van der Waals surface area contributed by atoms with Gasteiger partial charge in [0.2, 0.25) is 10.0 Å². The highest BCUT2D eigenvalue weighted by molar-refractivity contribution is 7.89. The van der Waals surface area contributed by atoms with Crippen molar-refractivity contribution in [2.24, 2.45) is 0 Å². The Morgan fingerprint density at radius 2 is 2.14 bits per heavy atom. The van der Waals surface area contributed by atoms with E-state index < -0.39 is 10.0 Å². The van der Waals surface area contributed by atoms with Gasteiger partial charge in [-0.15, -0.1) is 0 Å². The summed E-state index contributed by atoms with van der Waals surface area (Å²) < 4.78 is 31.9. The van der Waals surface area contributed by atoms with Crippen LogP contribution in [0.2, 0.25) is 0 Å². The third-order valence-electron chi connectivity index (χ3n) is 3.07. The van der Waals surface area contributed by atoms with Gasteiger partial charge in [0, 0.05) is 19.3 Å². The molecule has 2 heterocycles. The van der Waals surface area contributed by atoms with Crippen LogP contribution in [0.1, 0.15) is 17.2 Å². The molecule has 0 aliphatic heterocycles. The summed E-state index contributed by atoms with van der Waals surface area (Å²) in [6, 6.07) is 6.98. The molecular formula is C14H19N3O3S. The van der Waals surface area contributed by atoms with Crippen LogP contribution in [0, 0.1) is 6.92 Å². The number of furan rings is 1. The van der Waals surface area contributed by atoms with E-state index in [1.807, 2.05) is 6.07 Å². The minimum atomic E-state index is -3.59. The Balaban J connectivity index is 2.24. The first kappa shape index (κ1) is 15.7. The van der Waals surface area contributed by atoms with Crippen LogP contribution in [0.5, 0.6) is 0 Å². The Morgan fingerprint density at radius 1 is 1.38 bits per heavy atom. The zero-order valence-electron chi connectivity index (χ0n) is 12.3. The second kappa shape index (κ2) is 6.38. The van der Waals surface area contributed by atoms with E-state index in [2.05, 4.69) is 10.3 Å². The molecule has 0 aromatic carbocycles. The summed E-state index contributed by atoms with van der Waals surface area (Å²) in [4.78, 5) is 4.34. The smallest absolute Gasteiger partial charge is 0.246 e. The lowest BCUT2D eigenvalue weighted by molar-refractivity contribution is 0.450. The molecule has 6 nitrogen and oxygen atoms in total. The first-order valence-corrected chi connectivity index (χ1v) is 7.99. The van der Waals surface area contributed by atoms with Crippen LogP contribution in [0.15, 0.2) is 39.8 Å². The lowest BCUT2D eigenvalue weighted by atomic mass is 10.3. The second-order valence-electron chi connectivity index (χ2n) is 4.75. The molecule has 0 saturated heterocycles. The Bertz CT molecular complexity index is 696. The van der Waals surface area contributed by atoms with E-state index in [9.17, 15) is 8.42 Å². The molecule has 0 bridgehead atoms. The molecule has 2 rings (SSSR count). The molecule has 2 aromatic heterocycles. The fourth-order valence-corrected chi connectivity index (χ4v) is 3.34. The van der Waals surface area contributed by atoms with Gasteiger partial charge in [0.1, 0.15) is 16.4 Å². The summed E-state index contributed by atoms with van der Waals surface area (Å²) in [5, 5.41) is 2.93. The van der Waals surface area contributed by atoms with E-state index in [4.69, 9.17) is 4.42 Å². The van der Waals surface area contributed by atoms with Crippen molar-refractivity contribution in [3.05, 3.63) is 47.7 Å². The maximum atomic E-state index is 12.6. The quantitative estimate of drug-likeness (QED) is 0.875. The third-order valence-corrected chi connectivity index (χ3v) is 4.98. The van der Waals surface area contributed by atoms with Crippen LogP contribution in [0.3, 0.4) is 0 Å². The normalized spacial score (nSPS) is 12.0. The molecule has 0 aliphatic carbocycles. The van der Waals surface area contributed by atoms with Crippen molar-refractivity contribution >= 4 is 10.0 Å². The van der Waals surface area contributed by atoms with Crippen molar-refractivity contribution in [1.29, 1.82) is 0 Å². The first-order chi connectivity index (χ1) is 9.95. The molecule has 2 aromatic rings. The lowest BCUT2D eigenvalue weighted by Gasteiger charge is -2.15. The summed E-state index contributed by atoms with van der Waals surface area (Å²) in [6.45, 7) is 2.36. The number of aryl methyl sites for hydroxylation is 1. The molecule has 0 atom stereocenters. The zero-order valence-corrected chi connectivity index (χ0v) is 13.1. The monoisotopic (exact) mass is 309 g/mol. The van der Waals surface area contributed by atoms with Crippen LogP contribution in [-0.4, -0.2) is 31.8 Å². The molecule has 0 fully saturated rings. The van der Waals surface area contributed by atoms with E-state index >= 15 is 0 Å². The SMILES string of the molecule is CNCc1cc(S(=O)(=O)N(C)Cc2ccccn2)c(C)o1. The molecule has 21 heavy (non-hydrogen) atoms. The van der Waals surface area contributed by atoms with E-state index in [1.165, 1.54) is 11.4 Å². The topological polar surface area (TPSA) is 75.4 Å². The van der Waals surface area contributed by atoms with Crippen LogP contribution in [0.25, 0.3) is 0 Å². The van der Waals surface area contributed by atoms with Gasteiger partial charge in [0.05, 0.1) is 18.8 Å². The lowest BCUT2D eigenvalue weighted by Crippen LogP contribution is -2.27. The molecule has 7 heteroatoms. The van der Waals surface area contributed by atoms with E-state index in [0.29, 0.717) is 23.8 Å². The molecule has 0 saturated carbocycles. The third kappa shape index (κ3) is 3.49. The minimum Gasteiger partial charge on any atom is -0.464 e. The number of nitrogens with one attached hydrogen (secondary N) is 1. The largest absolute Gasteiger partial charge is 0.464 e. The van der Waals surface area contributed by atoms with E-state index in [0.717, 1.165) is 0 Å². The Morgan fingerprint density at radius 3 is 2.76 bits per heavy atom. The standard InChI is InChI=1S/C14H19N3O3S/c1-11-14(8-13(20-11)9-15-2)21(18,19)17(3)10-12-6-4-5-7-16-12/h4-8,15H,9-10H2,1-3H3. The molecule has 0 spiro atoms. The van der Waals surface area contributed by atoms with Crippen LogP contribution >= 0.6 is 0 Å². The van der Waals surface area contributed by atoms with Gasteiger partial charge in [0.15, 0.2) is 0 Å². The summed E-state index contributed by atoms with van der Waals surface area (Å²) in [6.07, 6.45) is 1.64. The molecule has 0 radical (unpaired) electrons. The van der Waals surface area contributed by atoms with Crippen molar-refractivity contribution in [3.8, 4) is 0 Å². The molecular weight excluding hydrogens is 290 g/mol. The molecule has 0 unspecified atom stereocenters. The predicted molar refractivity (Wildman–Crippen MR) is 79.1 cm³/mol. The number of hydrogen-bond donors (Lipinski definition) is 1. The summed E-state index contributed by atoms with van der Waals surface area (Å²) in [5.41, 5.74) is 0.695. The number of pyridine rings is 1. The van der Waals surface area contributed by atoms with Gasteiger partial charge < -0.3 is 9.73 Å². The van der Waals surface area contributed by atoms with Crippen LogP contribution in [-0.2, 0) is 23.1 Å². The van der Waals surface area contributed by atoms with Crippen LogP contribution < -0.4 is 5.32 Å².